The summed E-state index contributed by atoms with van der Waals surface area (Å²) in [6, 6.07) is 3.99. The van der Waals surface area contributed by atoms with Crippen LogP contribution in [0.3, 0.4) is 0 Å². The second kappa shape index (κ2) is 5.98. The van der Waals surface area contributed by atoms with Crippen molar-refractivity contribution in [1.82, 2.24) is 14.5 Å². The number of carbonyl (C=O) groups excluding carboxylic acids is 1. The Kier molecular flexibility index (Phi) is 3.80. The lowest BCUT2D eigenvalue weighted by atomic mass is 10.1. The Balaban J connectivity index is 1.60. The van der Waals surface area contributed by atoms with Gasteiger partial charge in [0.25, 0.3) is 5.56 Å². The van der Waals surface area contributed by atoms with E-state index in [1.54, 1.807) is 0 Å². The molecule has 24 heavy (non-hydrogen) atoms. The Bertz CT molecular complexity index is 851. The number of halogens is 1. The van der Waals surface area contributed by atoms with Gasteiger partial charge in [-0.25, -0.2) is 9.37 Å². The van der Waals surface area contributed by atoms with Gasteiger partial charge in [-0.15, -0.1) is 0 Å². The van der Waals surface area contributed by atoms with Crippen LogP contribution >= 0.6 is 0 Å². The summed E-state index contributed by atoms with van der Waals surface area (Å²) in [5, 5.41) is 0.186. The summed E-state index contributed by atoms with van der Waals surface area (Å²) >= 11 is 0. The second-order valence-electron chi connectivity index (χ2n) is 6.33. The number of ether oxygens (including phenoxy) is 1. The van der Waals surface area contributed by atoms with E-state index in [9.17, 15) is 14.0 Å². The van der Waals surface area contributed by atoms with Crippen molar-refractivity contribution in [2.75, 3.05) is 13.2 Å². The van der Waals surface area contributed by atoms with E-state index in [1.807, 2.05) is 4.90 Å². The average Bonchev–Trinajstić information content (AvgIpc) is 3.06. The fourth-order valence-corrected chi connectivity index (χ4v) is 3.72. The minimum absolute atomic E-state index is 0.0818. The van der Waals surface area contributed by atoms with Crippen molar-refractivity contribution in [2.45, 2.75) is 38.0 Å². The normalized spacial score (nSPS) is 23.5. The smallest absolute Gasteiger partial charge is 0.261 e. The molecule has 0 radical (unpaired) electrons. The molecule has 0 bridgehead atoms. The summed E-state index contributed by atoms with van der Waals surface area (Å²) in [5.74, 6) is -0.609. The lowest BCUT2D eigenvalue weighted by Gasteiger charge is -2.37. The van der Waals surface area contributed by atoms with Crippen molar-refractivity contribution in [3.8, 4) is 0 Å². The number of hydrogen-bond donors (Lipinski definition) is 0. The molecular weight excluding hydrogens is 313 g/mol. The van der Waals surface area contributed by atoms with Crippen LogP contribution in [0.4, 0.5) is 4.39 Å². The quantitative estimate of drug-likeness (QED) is 0.832. The van der Waals surface area contributed by atoms with E-state index in [4.69, 9.17) is 4.74 Å². The van der Waals surface area contributed by atoms with Gasteiger partial charge in [-0.2, -0.15) is 0 Å². The van der Waals surface area contributed by atoms with Gasteiger partial charge in [-0.1, -0.05) is 0 Å². The molecule has 2 fully saturated rings. The minimum atomic E-state index is -0.493. The Morgan fingerprint density at radius 3 is 3.12 bits per heavy atom. The number of rotatable bonds is 2. The molecule has 4 rings (SSSR count). The number of carbonyl (C=O) groups is 1. The molecular formula is C17H18FN3O3. The molecule has 7 heteroatoms. The zero-order chi connectivity index (χ0) is 16.7. The first-order valence-electron chi connectivity index (χ1n) is 8.19. The molecule has 0 spiro atoms. The highest BCUT2D eigenvalue weighted by atomic mass is 19.1. The Labute approximate surface area is 137 Å². The van der Waals surface area contributed by atoms with E-state index < -0.39 is 11.4 Å². The molecule has 1 aliphatic carbocycles. The Morgan fingerprint density at radius 2 is 2.25 bits per heavy atom. The number of nitrogens with zero attached hydrogens (tertiary/aromatic N) is 3. The van der Waals surface area contributed by atoms with Crippen LogP contribution in [-0.4, -0.2) is 45.7 Å². The first kappa shape index (κ1) is 15.3. The van der Waals surface area contributed by atoms with Gasteiger partial charge in [0.2, 0.25) is 5.91 Å². The van der Waals surface area contributed by atoms with Gasteiger partial charge >= 0.3 is 0 Å². The highest BCUT2D eigenvalue weighted by Crippen LogP contribution is 2.29. The van der Waals surface area contributed by atoms with Crippen LogP contribution in [0.1, 0.15) is 19.3 Å². The molecule has 0 N–H and O–H groups in total. The molecule has 126 valence electrons. The maximum absolute atomic E-state index is 13.4. The van der Waals surface area contributed by atoms with Gasteiger partial charge in [0.05, 0.1) is 36.0 Å². The summed E-state index contributed by atoms with van der Waals surface area (Å²) < 4.78 is 20.3. The van der Waals surface area contributed by atoms with Crippen LogP contribution in [0, 0.1) is 5.82 Å². The summed E-state index contributed by atoms with van der Waals surface area (Å²) in [6.45, 7) is 0.995. The maximum atomic E-state index is 13.4. The van der Waals surface area contributed by atoms with Crippen molar-refractivity contribution in [3.63, 3.8) is 0 Å². The van der Waals surface area contributed by atoms with Gasteiger partial charge < -0.3 is 9.64 Å². The molecule has 2 aliphatic rings. The zero-order valence-corrected chi connectivity index (χ0v) is 13.2. The van der Waals surface area contributed by atoms with Crippen molar-refractivity contribution < 1.29 is 13.9 Å². The SMILES string of the molecule is O=C(Cn1cnc2ccc(F)cc2c1=O)N1CCO[C@H]2CCC[C@H]21. The lowest BCUT2D eigenvalue weighted by Crippen LogP contribution is -2.52. The minimum Gasteiger partial charge on any atom is -0.374 e. The summed E-state index contributed by atoms with van der Waals surface area (Å²) in [6.07, 6.45) is 4.43. The molecule has 1 amide bonds. The third kappa shape index (κ3) is 2.58. The fraction of sp³-hybridized carbons (Fsp3) is 0.471. The van der Waals surface area contributed by atoms with E-state index in [0.717, 1.165) is 25.3 Å². The first-order chi connectivity index (χ1) is 11.6. The van der Waals surface area contributed by atoms with E-state index in [-0.39, 0.29) is 30.0 Å². The van der Waals surface area contributed by atoms with Crippen LogP contribution in [0.5, 0.6) is 0 Å². The fourth-order valence-electron chi connectivity index (χ4n) is 3.72. The monoisotopic (exact) mass is 331 g/mol. The summed E-state index contributed by atoms with van der Waals surface area (Å²) in [5.41, 5.74) is 0.0245. The van der Waals surface area contributed by atoms with Crippen LogP contribution in [-0.2, 0) is 16.1 Å². The van der Waals surface area contributed by atoms with Gasteiger partial charge in [0, 0.05) is 6.54 Å². The van der Waals surface area contributed by atoms with Crippen molar-refractivity contribution in [2.24, 2.45) is 0 Å². The Hall–Kier alpha value is -2.28. The number of fused-ring (bicyclic) bond motifs is 2. The zero-order valence-electron chi connectivity index (χ0n) is 13.2. The topological polar surface area (TPSA) is 64.4 Å². The van der Waals surface area contributed by atoms with E-state index in [2.05, 4.69) is 4.98 Å². The number of benzene rings is 1. The summed E-state index contributed by atoms with van der Waals surface area (Å²) in [7, 11) is 0. The van der Waals surface area contributed by atoms with Crippen molar-refractivity contribution in [3.05, 3.63) is 40.7 Å². The average molecular weight is 331 g/mol. The molecule has 1 saturated heterocycles. The van der Waals surface area contributed by atoms with Crippen LogP contribution < -0.4 is 5.56 Å². The van der Waals surface area contributed by atoms with Gasteiger partial charge in [-0.3, -0.25) is 14.2 Å². The second-order valence-corrected chi connectivity index (χ2v) is 6.33. The molecule has 1 saturated carbocycles. The molecule has 6 nitrogen and oxygen atoms in total. The molecule has 2 atom stereocenters. The Morgan fingerprint density at radius 1 is 1.38 bits per heavy atom. The number of hydrogen-bond acceptors (Lipinski definition) is 4. The highest BCUT2D eigenvalue weighted by Gasteiger charge is 2.38. The van der Waals surface area contributed by atoms with Crippen LogP contribution in [0.15, 0.2) is 29.3 Å². The van der Waals surface area contributed by atoms with Crippen LogP contribution in [0.2, 0.25) is 0 Å². The van der Waals surface area contributed by atoms with E-state index >= 15 is 0 Å². The van der Waals surface area contributed by atoms with E-state index in [1.165, 1.54) is 23.0 Å². The first-order valence-corrected chi connectivity index (χ1v) is 8.19. The van der Waals surface area contributed by atoms with E-state index in [0.29, 0.717) is 18.7 Å². The van der Waals surface area contributed by atoms with Gasteiger partial charge in [0.1, 0.15) is 12.4 Å². The standard InChI is InChI=1S/C17H18FN3O3/c18-11-4-5-13-12(8-11)17(23)20(10-19-13)9-16(22)21-6-7-24-15-3-1-2-14(15)21/h4-5,8,10,14-15H,1-3,6-7,9H2/t14-,15+/m1/s1. The van der Waals surface area contributed by atoms with Gasteiger partial charge in [-0.05, 0) is 37.5 Å². The maximum Gasteiger partial charge on any atom is 0.261 e. The molecule has 2 heterocycles. The lowest BCUT2D eigenvalue weighted by molar-refractivity contribution is -0.144. The number of amides is 1. The third-order valence-corrected chi connectivity index (χ3v) is 4.89. The van der Waals surface area contributed by atoms with Crippen molar-refractivity contribution in [1.29, 1.82) is 0 Å². The molecule has 1 aromatic heterocycles. The summed E-state index contributed by atoms with van der Waals surface area (Å²) in [4.78, 5) is 31.1. The largest absolute Gasteiger partial charge is 0.374 e. The molecule has 1 aromatic carbocycles. The molecule has 1 aliphatic heterocycles. The van der Waals surface area contributed by atoms with Gasteiger partial charge in [0.15, 0.2) is 0 Å². The molecule has 0 unspecified atom stereocenters. The van der Waals surface area contributed by atoms with Crippen molar-refractivity contribution >= 4 is 16.8 Å². The highest BCUT2D eigenvalue weighted by molar-refractivity contribution is 5.79. The van der Waals surface area contributed by atoms with Crippen LogP contribution in [0.25, 0.3) is 10.9 Å². The predicted molar refractivity (Wildman–Crippen MR) is 85.1 cm³/mol. The molecule has 2 aromatic rings. The third-order valence-electron chi connectivity index (χ3n) is 4.89. The predicted octanol–water partition coefficient (Wildman–Crippen LogP) is 1.32. The number of morpholine rings is 1. The number of aromatic nitrogens is 2.